The Morgan fingerprint density at radius 1 is 1.00 bits per heavy atom. The maximum Gasteiger partial charge on any atom is 0.416 e. The van der Waals surface area contributed by atoms with Crippen LogP contribution in [0.4, 0.5) is 30.7 Å². The molecular formula is C22H28F7N3O3S. The first-order chi connectivity index (χ1) is 16.6. The summed E-state index contributed by atoms with van der Waals surface area (Å²) >= 11 is 0. The van der Waals surface area contributed by atoms with Crippen LogP contribution in [0.3, 0.4) is 0 Å². The molecule has 1 N–H and O–H groups in total. The highest BCUT2D eigenvalue weighted by molar-refractivity contribution is 7.89. The van der Waals surface area contributed by atoms with Crippen molar-refractivity contribution in [2.45, 2.75) is 50.5 Å². The van der Waals surface area contributed by atoms with E-state index in [0.717, 1.165) is 6.07 Å². The van der Waals surface area contributed by atoms with Crippen LogP contribution in [0.2, 0.25) is 0 Å². The molecule has 2 heterocycles. The number of alkyl halides is 6. The van der Waals surface area contributed by atoms with Gasteiger partial charge in [0, 0.05) is 31.2 Å². The monoisotopic (exact) mass is 547 g/mol. The van der Waals surface area contributed by atoms with E-state index >= 15 is 0 Å². The fraction of sp³-hybridized carbons (Fsp3) is 0.682. The molecule has 1 amide bonds. The summed E-state index contributed by atoms with van der Waals surface area (Å²) in [5, 5.41) is 2.54. The average molecular weight is 548 g/mol. The lowest BCUT2D eigenvalue weighted by atomic mass is 9.96. The number of carbonyl (C=O) groups is 1. The van der Waals surface area contributed by atoms with E-state index in [4.69, 9.17) is 0 Å². The van der Waals surface area contributed by atoms with Gasteiger partial charge in [0.15, 0.2) is 0 Å². The molecule has 1 unspecified atom stereocenters. The Kier molecular flexibility index (Phi) is 8.92. The Balaban J connectivity index is 1.47. The zero-order valence-electron chi connectivity index (χ0n) is 19.3. The largest absolute Gasteiger partial charge is 0.416 e. The van der Waals surface area contributed by atoms with Crippen LogP contribution in [-0.4, -0.2) is 74.2 Å². The molecule has 204 valence electrons. The van der Waals surface area contributed by atoms with Crippen molar-refractivity contribution in [3.63, 3.8) is 0 Å². The molecule has 0 aromatic heterocycles. The molecule has 0 spiro atoms. The Morgan fingerprint density at radius 2 is 1.67 bits per heavy atom. The summed E-state index contributed by atoms with van der Waals surface area (Å²) in [6.07, 6.45) is -8.31. The zero-order chi connectivity index (χ0) is 26.7. The van der Waals surface area contributed by atoms with Gasteiger partial charge in [-0.2, -0.15) is 30.6 Å². The summed E-state index contributed by atoms with van der Waals surface area (Å²) in [6.45, 7) is 1.93. The molecule has 6 nitrogen and oxygen atoms in total. The van der Waals surface area contributed by atoms with Crippen LogP contribution >= 0.6 is 0 Å². The molecule has 0 saturated carbocycles. The van der Waals surface area contributed by atoms with E-state index < -0.39 is 63.4 Å². The van der Waals surface area contributed by atoms with Crippen LogP contribution in [0.1, 0.15) is 48.0 Å². The van der Waals surface area contributed by atoms with Gasteiger partial charge in [0.1, 0.15) is 5.82 Å². The number of nitrogens with zero attached hydrogens (tertiary/aromatic N) is 2. The molecule has 1 aromatic carbocycles. The molecule has 3 rings (SSSR count). The summed E-state index contributed by atoms with van der Waals surface area (Å²) in [5.74, 6) is -2.92. The molecule has 1 atom stereocenters. The molecule has 2 aliphatic heterocycles. The Labute approximate surface area is 204 Å². The van der Waals surface area contributed by atoms with Gasteiger partial charge in [-0.15, -0.1) is 0 Å². The number of nitrogens with one attached hydrogen (secondary N) is 1. The van der Waals surface area contributed by atoms with Crippen LogP contribution in [0, 0.1) is 11.7 Å². The van der Waals surface area contributed by atoms with Crippen molar-refractivity contribution in [3.8, 4) is 0 Å². The second-order valence-corrected chi connectivity index (χ2v) is 11.3. The predicted molar refractivity (Wildman–Crippen MR) is 117 cm³/mol. The number of sulfonamides is 1. The number of carbonyl (C=O) groups excluding carboxylic acids is 1. The van der Waals surface area contributed by atoms with Crippen molar-refractivity contribution in [1.82, 2.24) is 14.5 Å². The van der Waals surface area contributed by atoms with Gasteiger partial charge in [0.25, 0.3) is 5.91 Å². The minimum atomic E-state index is -4.78. The van der Waals surface area contributed by atoms with E-state index in [2.05, 4.69) is 5.32 Å². The Morgan fingerprint density at radius 3 is 2.28 bits per heavy atom. The van der Waals surface area contributed by atoms with Crippen LogP contribution in [0.5, 0.6) is 0 Å². The van der Waals surface area contributed by atoms with Gasteiger partial charge >= 0.3 is 12.4 Å². The number of halogens is 7. The average Bonchev–Trinajstić information content (AvgIpc) is 3.25. The molecule has 1 aromatic rings. The molecule has 0 radical (unpaired) electrons. The highest BCUT2D eigenvalue weighted by Gasteiger charge is 2.38. The minimum Gasteiger partial charge on any atom is -0.352 e. The van der Waals surface area contributed by atoms with E-state index in [0.29, 0.717) is 57.5 Å². The van der Waals surface area contributed by atoms with E-state index in [1.807, 2.05) is 4.90 Å². The summed E-state index contributed by atoms with van der Waals surface area (Å²) in [4.78, 5) is 14.3. The van der Waals surface area contributed by atoms with Gasteiger partial charge in [-0.05, 0) is 62.9 Å². The number of likely N-dealkylation sites (tertiary alicyclic amines) is 1. The molecular weight excluding hydrogens is 519 g/mol. The smallest absolute Gasteiger partial charge is 0.352 e. The van der Waals surface area contributed by atoms with Crippen LogP contribution < -0.4 is 5.32 Å². The molecule has 0 bridgehead atoms. The molecule has 36 heavy (non-hydrogen) atoms. The van der Waals surface area contributed by atoms with E-state index in [1.165, 1.54) is 4.31 Å². The third kappa shape index (κ3) is 8.04. The number of hydrogen-bond donors (Lipinski definition) is 1. The third-order valence-corrected chi connectivity index (χ3v) is 8.45. The van der Waals surface area contributed by atoms with Crippen molar-refractivity contribution < 1.29 is 43.9 Å². The lowest BCUT2D eigenvalue weighted by Crippen LogP contribution is -2.47. The predicted octanol–water partition coefficient (Wildman–Crippen LogP) is 4.03. The molecule has 2 fully saturated rings. The lowest BCUT2D eigenvalue weighted by Gasteiger charge is -2.35. The first-order valence-electron chi connectivity index (χ1n) is 11.6. The van der Waals surface area contributed by atoms with E-state index in [1.54, 1.807) is 0 Å². The van der Waals surface area contributed by atoms with Crippen molar-refractivity contribution in [3.05, 3.63) is 35.1 Å². The topological polar surface area (TPSA) is 69.7 Å². The zero-order valence-corrected chi connectivity index (χ0v) is 20.2. The lowest BCUT2D eigenvalue weighted by molar-refractivity contribution is -0.137. The highest BCUT2D eigenvalue weighted by atomic mass is 32.2. The highest BCUT2D eigenvalue weighted by Crippen LogP contribution is 2.31. The van der Waals surface area contributed by atoms with E-state index in [-0.39, 0.29) is 19.0 Å². The Bertz CT molecular complexity index is 1020. The second-order valence-electron chi connectivity index (χ2n) is 9.27. The molecule has 2 saturated heterocycles. The van der Waals surface area contributed by atoms with Gasteiger partial charge in [0.05, 0.1) is 17.7 Å². The Hall–Kier alpha value is -1.93. The second kappa shape index (κ2) is 11.2. The van der Waals surface area contributed by atoms with Crippen molar-refractivity contribution in [2.24, 2.45) is 5.92 Å². The van der Waals surface area contributed by atoms with Crippen molar-refractivity contribution in [2.75, 3.05) is 38.5 Å². The van der Waals surface area contributed by atoms with Crippen molar-refractivity contribution >= 4 is 15.9 Å². The maximum atomic E-state index is 13.5. The molecule has 0 aliphatic carbocycles. The fourth-order valence-corrected chi connectivity index (χ4v) is 6.37. The van der Waals surface area contributed by atoms with Crippen molar-refractivity contribution in [1.29, 1.82) is 0 Å². The first-order valence-corrected chi connectivity index (χ1v) is 13.2. The summed E-state index contributed by atoms with van der Waals surface area (Å²) in [6, 6.07) is 1.26. The quantitative estimate of drug-likeness (QED) is 0.499. The van der Waals surface area contributed by atoms with Crippen LogP contribution in [-0.2, 0) is 16.2 Å². The summed E-state index contributed by atoms with van der Waals surface area (Å²) in [5.41, 5.74) is -1.67. The standard InChI is InChI=1S/C22H28F7N3O3S/c23-18-11-16(10-17(12-18)22(27,28)29)20(33)30-13-15-3-7-31(8-4-15)14-19-2-1-6-32(19)36(34,35)9-5-21(24,25)26/h10-12,15,19H,1-9,13-14H2,(H,30,33). The number of hydrogen-bond acceptors (Lipinski definition) is 4. The number of amides is 1. The maximum absolute atomic E-state index is 13.5. The summed E-state index contributed by atoms with van der Waals surface area (Å²) in [7, 11) is -4.02. The van der Waals surface area contributed by atoms with Crippen LogP contribution in [0.15, 0.2) is 18.2 Å². The van der Waals surface area contributed by atoms with Gasteiger partial charge in [-0.1, -0.05) is 0 Å². The SMILES string of the molecule is O=C(NCC1CCN(CC2CCCN2S(=O)(=O)CCC(F)(F)F)CC1)c1cc(F)cc(C(F)(F)F)c1. The van der Waals surface area contributed by atoms with Gasteiger partial charge < -0.3 is 10.2 Å². The van der Waals surface area contributed by atoms with Gasteiger partial charge in [0.2, 0.25) is 10.0 Å². The minimum absolute atomic E-state index is 0.0241. The number of benzene rings is 1. The summed E-state index contributed by atoms with van der Waals surface area (Å²) < 4.78 is 116. The first kappa shape index (κ1) is 28.6. The fourth-order valence-electron chi connectivity index (χ4n) is 4.61. The number of rotatable bonds is 8. The molecule has 2 aliphatic rings. The van der Waals surface area contributed by atoms with Gasteiger partial charge in [-0.25, -0.2) is 12.8 Å². The normalized spacial score (nSPS) is 21.1. The van der Waals surface area contributed by atoms with Gasteiger partial charge in [-0.3, -0.25) is 4.79 Å². The molecule has 14 heteroatoms. The third-order valence-electron chi connectivity index (χ3n) is 6.54. The number of piperidine rings is 1. The van der Waals surface area contributed by atoms with Crippen LogP contribution in [0.25, 0.3) is 0 Å². The van der Waals surface area contributed by atoms with E-state index in [9.17, 15) is 43.9 Å².